The van der Waals surface area contributed by atoms with Crippen LogP contribution >= 0.6 is 0 Å². The molecule has 94 valence electrons. The number of aryl methyl sites for hydroxylation is 2. The molecular weight excluding hydrogens is 212 g/mol. The standard InChI is InChI=1S/C14H22N2O/c1-11-5-3-6-12(2)13(11)7-8-14(17)16-10-4-9-15/h3,5-6H,4,7-10,15H2,1-2H3,(H,16,17). The Kier molecular flexibility index (Phi) is 5.70. The van der Waals surface area contributed by atoms with Crippen molar-refractivity contribution in [3.63, 3.8) is 0 Å². The van der Waals surface area contributed by atoms with E-state index in [0.29, 0.717) is 19.5 Å². The zero-order chi connectivity index (χ0) is 12.7. The van der Waals surface area contributed by atoms with E-state index in [1.165, 1.54) is 16.7 Å². The summed E-state index contributed by atoms with van der Waals surface area (Å²) in [5.74, 6) is 0.112. The third kappa shape index (κ3) is 4.57. The maximum absolute atomic E-state index is 11.6. The van der Waals surface area contributed by atoms with E-state index < -0.39 is 0 Å². The van der Waals surface area contributed by atoms with Gasteiger partial charge in [-0.05, 0) is 49.9 Å². The van der Waals surface area contributed by atoms with Gasteiger partial charge in [0.25, 0.3) is 0 Å². The molecule has 1 aromatic carbocycles. The number of nitrogens with two attached hydrogens (primary N) is 1. The van der Waals surface area contributed by atoms with Crippen LogP contribution in [0.4, 0.5) is 0 Å². The molecule has 0 saturated carbocycles. The summed E-state index contributed by atoms with van der Waals surface area (Å²) < 4.78 is 0. The van der Waals surface area contributed by atoms with Crippen LogP contribution in [0.2, 0.25) is 0 Å². The average molecular weight is 234 g/mol. The Morgan fingerprint density at radius 2 is 1.94 bits per heavy atom. The maximum atomic E-state index is 11.6. The summed E-state index contributed by atoms with van der Waals surface area (Å²) in [5.41, 5.74) is 9.19. The molecule has 3 heteroatoms. The topological polar surface area (TPSA) is 55.1 Å². The zero-order valence-corrected chi connectivity index (χ0v) is 10.8. The summed E-state index contributed by atoms with van der Waals surface area (Å²) in [6, 6.07) is 6.23. The number of hydrogen-bond donors (Lipinski definition) is 2. The average Bonchev–Trinajstić information content (AvgIpc) is 2.29. The van der Waals surface area contributed by atoms with E-state index in [1.54, 1.807) is 0 Å². The number of nitrogens with one attached hydrogen (secondary N) is 1. The molecule has 1 aromatic rings. The first kappa shape index (κ1) is 13.7. The molecule has 3 nitrogen and oxygen atoms in total. The minimum absolute atomic E-state index is 0.112. The molecule has 0 unspecified atom stereocenters. The van der Waals surface area contributed by atoms with E-state index in [9.17, 15) is 4.79 Å². The molecule has 3 N–H and O–H groups in total. The van der Waals surface area contributed by atoms with Gasteiger partial charge >= 0.3 is 0 Å². The first-order chi connectivity index (χ1) is 8.15. The summed E-state index contributed by atoms with van der Waals surface area (Å²) in [4.78, 5) is 11.6. The van der Waals surface area contributed by atoms with E-state index >= 15 is 0 Å². The quantitative estimate of drug-likeness (QED) is 0.736. The number of carbonyl (C=O) groups is 1. The molecule has 1 rings (SSSR count). The van der Waals surface area contributed by atoms with Gasteiger partial charge in [-0.1, -0.05) is 18.2 Å². The first-order valence-electron chi connectivity index (χ1n) is 6.17. The molecule has 0 radical (unpaired) electrons. The molecule has 0 aliphatic rings. The van der Waals surface area contributed by atoms with E-state index in [0.717, 1.165) is 12.8 Å². The second-order valence-corrected chi connectivity index (χ2v) is 4.36. The van der Waals surface area contributed by atoms with E-state index in [-0.39, 0.29) is 5.91 Å². The van der Waals surface area contributed by atoms with Gasteiger partial charge in [0.2, 0.25) is 5.91 Å². The highest BCUT2D eigenvalue weighted by molar-refractivity contribution is 5.76. The second kappa shape index (κ2) is 7.07. The van der Waals surface area contributed by atoms with Crippen molar-refractivity contribution in [1.82, 2.24) is 5.32 Å². The van der Waals surface area contributed by atoms with Crippen molar-refractivity contribution in [2.75, 3.05) is 13.1 Å². The van der Waals surface area contributed by atoms with Gasteiger partial charge in [0.05, 0.1) is 0 Å². The highest BCUT2D eigenvalue weighted by atomic mass is 16.1. The number of rotatable bonds is 6. The Morgan fingerprint density at radius 3 is 2.53 bits per heavy atom. The molecular formula is C14H22N2O. The second-order valence-electron chi connectivity index (χ2n) is 4.36. The third-order valence-corrected chi connectivity index (χ3v) is 2.95. The summed E-state index contributed by atoms with van der Waals surface area (Å²) in [6.07, 6.45) is 2.21. The molecule has 1 amide bonds. The lowest BCUT2D eigenvalue weighted by Gasteiger charge is -2.09. The number of hydrogen-bond acceptors (Lipinski definition) is 2. The Hall–Kier alpha value is -1.35. The molecule has 0 aromatic heterocycles. The molecule has 0 heterocycles. The summed E-state index contributed by atoms with van der Waals surface area (Å²) >= 11 is 0. The Balaban J connectivity index is 2.42. The Morgan fingerprint density at radius 1 is 1.29 bits per heavy atom. The molecule has 17 heavy (non-hydrogen) atoms. The van der Waals surface area contributed by atoms with Crippen LogP contribution < -0.4 is 11.1 Å². The van der Waals surface area contributed by atoms with Crippen LogP contribution in [0.3, 0.4) is 0 Å². The fourth-order valence-electron chi connectivity index (χ4n) is 1.90. The summed E-state index contributed by atoms with van der Waals surface area (Å²) in [6.45, 7) is 5.49. The number of benzene rings is 1. The number of carbonyl (C=O) groups excluding carboxylic acids is 1. The zero-order valence-electron chi connectivity index (χ0n) is 10.8. The normalized spacial score (nSPS) is 10.3. The Labute approximate surface area is 103 Å². The van der Waals surface area contributed by atoms with Gasteiger partial charge in [0, 0.05) is 13.0 Å². The van der Waals surface area contributed by atoms with Crippen LogP contribution in [0.1, 0.15) is 29.5 Å². The van der Waals surface area contributed by atoms with Crippen molar-refractivity contribution < 1.29 is 4.79 Å². The minimum Gasteiger partial charge on any atom is -0.356 e. The Bertz CT molecular complexity index is 354. The predicted molar refractivity (Wildman–Crippen MR) is 70.9 cm³/mol. The summed E-state index contributed by atoms with van der Waals surface area (Å²) in [7, 11) is 0. The van der Waals surface area contributed by atoms with E-state index in [2.05, 4.69) is 37.4 Å². The van der Waals surface area contributed by atoms with Crippen molar-refractivity contribution in [2.24, 2.45) is 5.73 Å². The van der Waals surface area contributed by atoms with Crippen molar-refractivity contribution in [2.45, 2.75) is 33.1 Å². The van der Waals surface area contributed by atoms with Gasteiger partial charge in [-0.2, -0.15) is 0 Å². The first-order valence-corrected chi connectivity index (χ1v) is 6.17. The molecule has 0 spiro atoms. The lowest BCUT2D eigenvalue weighted by atomic mass is 9.98. The lowest BCUT2D eigenvalue weighted by Crippen LogP contribution is -2.26. The van der Waals surface area contributed by atoms with Gasteiger partial charge in [-0.25, -0.2) is 0 Å². The molecule has 0 aliphatic carbocycles. The largest absolute Gasteiger partial charge is 0.356 e. The van der Waals surface area contributed by atoms with Crippen LogP contribution in [-0.2, 0) is 11.2 Å². The van der Waals surface area contributed by atoms with Crippen LogP contribution in [0.15, 0.2) is 18.2 Å². The van der Waals surface area contributed by atoms with Crippen molar-refractivity contribution in [3.8, 4) is 0 Å². The minimum atomic E-state index is 0.112. The van der Waals surface area contributed by atoms with Gasteiger partial charge in [-0.3, -0.25) is 4.79 Å². The van der Waals surface area contributed by atoms with Crippen LogP contribution in [-0.4, -0.2) is 19.0 Å². The van der Waals surface area contributed by atoms with Crippen LogP contribution in [0.25, 0.3) is 0 Å². The predicted octanol–water partition coefficient (Wildman–Crippen LogP) is 1.70. The van der Waals surface area contributed by atoms with Crippen LogP contribution in [0.5, 0.6) is 0 Å². The SMILES string of the molecule is Cc1cccc(C)c1CCC(=O)NCCCN. The highest BCUT2D eigenvalue weighted by Gasteiger charge is 2.05. The van der Waals surface area contributed by atoms with Crippen molar-refractivity contribution in [1.29, 1.82) is 0 Å². The van der Waals surface area contributed by atoms with Crippen LogP contribution in [0, 0.1) is 13.8 Å². The van der Waals surface area contributed by atoms with Gasteiger partial charge in [-0.15, -0.1) is 0 Å². The smallest absolute Gasteiger partial charge is 0.220 e. The van der Waals surface area contributed by atoms with Gasteiger partial charge in [0.15, 0.2) is 0 Å². The van der Waals surface area contributed by atoms with Crippen molar-refractivity contribution >= 4 is 5.91 Å². The molecule has 0 bridgehead atoms. The van der Waals surface area contributed by atoms with E-state index in [4.69, 9.17) is 5.73 Å². The molecule has 0 atom stereocenters. The van der Waals surface area contributed by atoms with Gasteiger partial charge in [0.1, 0.15) is 0 Å². The highest BCUT2D eigenvalue weighted by Crippen LogP contribution is 2.14. The third-order valence-electron chi connectivity index (χ3n) is 2.95. The van der Waals surface area contributed by atoms with E-state index in [1.807, 2.05) is 0 Å². The molecule has 0 fully saturated rings. The molecule has 0 saturated heterocycles. The van der Waals surface area contributed by atoms with Gasteiger partial charge < -0.3 is 11.1 Å². The fraction of sp³-hybridized carbons (Fsp3) is 0.500. The lowest BCUT2D eigenvalue weighted by molar-refractivity contribution is -0.121. The maximum Gasteiger partial charge on any atom is 0.220 e. The molecule has 0 aliphatic heterocycles. The monoisotopic (exact) mass is 234 g/mol. The fourth-order valence-corrected chi connectivity index (χ4v) is 1.90. The number of amides is 1. The van der Waals surface area contributed by atoms with Crippen molar-refractivity contribution in [3.05, 3.63) is 34.9 Å². The summed E-state index contributed by atoms with van der Waals surface area (Å²) in [5, 5.41) is 2.87.